The normalized spacial score (nSPS) is 15.5. The largest absolute Gasteiger partial charge is 0.422 e. The first kappa shape index (κ1) is 14.8. The van der Waals surface area contributed by atoms with Crippen molar-refractivity contribution in [2.45, 2.75) is 5.92 Å². The first-order valence-corrected chi connectivity index (χ1v) is 9.51. The van der Waals surface area contributed by atoms with Crippen LogP contribution in [-0.4, -0.2) is 10.2 Å². The van der Waals surface area contributed by atoms with Gasteiger partial charge in [-0.05, 0) is 35.7 Å². The van der Waals surface area contributed by atoms with Gasteiger partial charge in [0.15, 0.2) is 0 Å². The van der Waals surface area contributed by atoms with E-state index in [0.717, 1.165) is 38.1 Å². The van der Waals surface area contributed by atoms with Crippen molar-refractivity contribution in [1.29, 1.82) is 0 Å². The molecule has 4 heterocycles. The summed E-state index contributed by atoms with van der Waals surface area (Å²) >= 11 is 1.64. The smallest absolute Gasteiger partial charge is 0.342 e. The van der Waals surface area contributed by atoms with E-state index in [2.05, 4.69) is 27.6 Å². The molecule has 3 aromatic heterocycles. The Labute approximate surface area is 157 Å². The van der Waals surface area contributed by atoms with E-state index in [9.17, 15) is 4.79 Å². The lowest BCUT2D eigenvalue weighted by Gasteiger charge is -2.29. The Kier molecular flexibility index (Phi) is 2.90. The third-order valence-corrected chi connectivity index (χ3v) is 6.11. The molecular weight excluding hydrogens is 358 g/mol. The van der Waals surface area contributed by atoms with Gasteiger partial charge in [0.1, 0.15) is 5.58 Å². The number of thiophene rings is 1. The molecule has 1 unspecified atom stereocenters. The standard InChI is InChI=1S/C21H13N3O2S/c25-21-18-17(15-6-3-9-27-15)16-13(8-7-11-10-22-24-19(11)16)23-20(18)12-4-1-2-5-14(12)26-21/h1-10,17,23H,(H,22,24). The van der Waals surface area contributed by atoms with Gasteiger partial charge in [-0.3, -0.25) is 5.10 Å². The van der Waals surface area contributed by atoms with E-state index in [1.54, 1.807) is 17.5 Å². The fourth-order valence-electron chi connectivity index (χ4n) is 4.02. The number of benzene rings is 2. The Bertz CT molecular complexity index is 1380. The molecule has 1 atom stereocenters. The number of anilines is 2. The molecule has 1 aliphatic rings. The SMILES string of the molecule is O=c1oc2ccccc2c2c1C(c1cccs1)c1c(ccc3cn[nH]c13)N2. The molecule has 5 nitrogen and oxygen atoms in total. The van der Waals surface area contributed by atoms with Crippen LogP contribution in [0.3, 0.4) is 0 Å². The topological polar surface area (TPSA) is 70.9 Å². The summed E-state index contributed by atoms with van der Waals surface area (Å²) < 4.78 is 5.68. The van der Waals surface area contributed by atoms with E-state index >= 15 is 0 Å². The van der Waals surface area contributed by atoms with Crippen LogP contribution >= 0.6 is 11.3 Å². The van der Waals surface area contributed by atoms with Gasteiger partial charge >= 0.3 is 5.63 Å². The van der Waals surface area contributed by atoms with Crippen LogP contribution in [0.5, 0.6) is 0 Å². The van der Waals surface area contributed by atoms with Gasteiger partial charge in [0.2, 0.25) is 0 Å². The minimum Gasteiger partial charge on any atom is -0.422 e. The first-order chi connectivity index (χ1) is 13.3. The molecule has 0 saturated carbocycles. The molecule has 5 aromatic rings. The molecule has 6 rings (SSSR count). The zero-order valence-corrected chi connectivity index (χ0v) is 14.8. The quantitative estimate of drug-likeness (QED) is 0.400. The van der Waals surface area contributed by atoms with Crippen LogP contribution in [0.4, 0.5) is 11.4 Å². The van der Waals surface area contributed by atoms with Crippen molar-refractivity contribution in [2.24, 2.45) is 0 Å². The molecule has 0 fully saturated rings. The number of fused-ring (bicyclic) bond motifs is 6. The average Bonchev–Trinajstić information content (AvgIpc) is 3.38. The number of rotatable bonds is 1. The number of H-pyrrole nitrogens is 1. The van der Waals surface area contributed by atoms with Crippen LogP contribution in [0.25, 0.3) is 21.9 Å². The second-order valence-corrected chi connectivity index (χ2v) is 7.59. The van der Waals surface area contributed by atoms with E-state index in [0.29, 0.717) is 11.1 Å². The summed E-state index contributed by atoms with van der Waals surface area (Å²) in [6, 6.07) is 15.8. The van der Waals surface area contributed by atoms with E-state index in [4.69, 9.17) is 4.42 Å². The summed E-state index contributed by atoms with van der Waals surface area (Å²) in [5.41, 5.74) is 4.70. The molecule has 0 spiro atoms. The minimum atomic E-state index is -0.309. The molecule has 1 aliphatic heterocycles. The monoisotopic (exact) mass is 371 g/mol. The first-order valence-electron chi connectivity index (χ1n) is 8.63. The molecule has 0 radical (unpaired) electrons. The molecule has 0 bridgehead atoms. The van der Waals surface area contributed by atoms with Crippen molar-refractivity contribution >= 4 is 44.6 Å². The summed E-state index contributed by atoms with van der Waals surface area (Å²) in [5, 5.41) is 14.8. The van der Waals surface area contributed by atoms with Gasteiger partial charge in [-0.1, -0.05) is 18.2 Å². The highest BCUT2D eigenvalue weighted by molar-refractivity contribution is 7.10. The second kappa shape index (κ2) is 5.31. The van der Waals surface area contributed by atoms with Gasteiger partial charge in [0, 0.05) is 26.9 Å². The average molecular weight is 371 g/mol. The van der Waals surface area contributed by atoms with Gasteiger partial charge in [0.25, 0.3) is 0 Å². The lowest BCUT2D eigenvalue weighted by atomic mass is 9.84. The third kappa shape index (κ3) is 1.98. The van der Waals surface area contributed by atoms with Gasteiger partial charge in [-0.15, -0.1) is 11.3 Å². The van der Waals surface area contributed by atoms with Crippen molar-refractivity contribution < 1.29 is 4.42 Å². The Hall–Kier alpha value is -3.38. The van der Waals surface area contributed by atoms with Crippen LogP contribution < -0.4 is 10.9 Å². The van der Waals surface area contributed by atoms with E-state index in [1.807, 2.05) is 41.8 Å². The molecule has 2 aromatic carbocycles. The van der Waals surface area contributed by atoms with Crippen molar-refractivity contribution in [3.8, 4) is 0 Å². The highest BCUT2D eigenvalue weighted by Gasteiger charge is 2.34. The predicted molar refractivity (Wildman–Crippen MR) is 107 cm³/mol. The molecule has 0 amide bonds. The Morgan fingerprint density at radius 3 is 2.85 bits per heavy atom. The maximum absolute atomic E-state index is 13.0. The lowest BCUT2D eigenvalue weighted by Crippen LogP contribution is -2.22. The number of aromatic amines is 1. The molecule has 2 N–H and O–H groups in total. The van der Waals surface area contributed by atoms with E-state index < -0.39 is 0 Å². The highest BCUT2D eigenvalue weighted by atomic mass is 32.1. The van der Waals surface area contributed by atoms with E-state index in [-0.39, 0.29) is 11.5 Å². The number of nitrogens with zero attached hydrogens (tertiary/aromatic N) is 1. The number of nitrogens with one attached hydrogen (secondary N) is 2. The molecule has 0 saturated heterocycles. The minimum absolute atomic E-state index is 0.207. The third-order valence-electron chi connectivity index (χ3n) is 5.17. The summed E-state index contributed by atoms with van der Waals surface area (Å²) in [4.78, 5) is 14.1. The summed E-state index contributed by atoms with van der Waals surface area (Å²) in [5.74, 6) is -0.207. The van der Waals surface area contributed by atoms with Gasteiger partial charge in [-0.2, -0.15) is 5.10 Å². The maximum atomic E-state index is 13.0. The molecule has 6 heteroatoms. The maximum Gasteiger partial charge on any atom is 0.342 e. The predicted octanol–water partition coefficient (Wildman–Crippen LogP) is 4.97. The van der Waals surface area contributed by atoms with Gasteiger partial charge < -0.3 is 9.73 Å². The second-order valence-electron chi connectivity index (χ2n) is 6.61. The van der Waals surface area contributed by atoms with Crippen molar-refractivity contribution in [1.82, 2.24) is 10.2 Å². The van der Waals surface area contributed by atoms with Crippen molar-refractivity contribution in [3.63, 3.8) is 0 Å². The fraction of sp³-hybridized carbons (Fsp3) is 0.0476. The summed E-state index contributed by atoms with van der Waals surface area (Å²) in [7, 11) is 0. The van der Waals surface area contributed by atoms with Crippen LogP contribution in [0.15, 0.2) is 69.3 Å². The highest BCUT2D eigenvalue weighted by Crippen LogP contribution is 2.48. The van der Waals surface area contributed by atoms with Crippen LogP contribution in [0, 0.1) is 0 Å². The number of hydrogen-bond donors (Lipinski definition) is 2. The number of para-hydroxylation sites is 1. The van der Waals surface area contributed by atoms with Crippen molar-refractivity contribution in [3.05, 3.63) is 86.5 Å². The number of hydrogen-bond acceptors (Lipinski definition) is 5. The lowest BCUT2D eigenvalue weighted by molar-refractivity contribution is 0.549. The van der Waals surface area contributed by atoms with Crippen LogP contribution in [-0.2, 0) is 0 Å². The zero-order chi connectivity index (χ0) is 18.0. The fourth-order valence-corrected chi connectivity index (χ4v) is 4.87. The Morgan fingerprint density at radius 1 is 1.04 bits per heavy atom. The number of aromatic nitrogens is 2. The Balaban J connectivity index is 1.78. The molecule has 0 aliphatic carbocycles. The molecule has 130 valence electrons. The molecule has 27 heavy (non-hydrogen) atoms. The van der Waals surface area contributed by atoms with E-state index in [1.165, 1.54) is 0 Å². The van der Waals surface area contributed by atoms with Gasteiger partial charge in [-0.25, -0.2) is 4.79 Å². The van der Waals surface area contributed by atoms with Crippen LogP contribution in [0.2, 0.25) is 0 Å². The van der Waals surface area contributed by atoms with Gasteiger partial charge in [0.05, 0.1) is 28.9 Å². The summed E-state index contributed by atoms with van der Waals surface area (Å²) in [6.45, 7) is 0. The van der Waals surface area contributed by atoms with Crippen LogP contribution in [0.1, 0.15) is 21.9 Å². The molecular formula is C21H13N3O2S. The zero-order valence-electron chi connectivity index (χ0n) is 14.0. The summed E-state index contributed by atoms with van der Waals surface area (Å²) in [6.07, 6.45) is 1.81. The van der Waals surface area contributed by atoms with Crippen molar-refractivity contribution in [2.75, 3.05) is 5.32 Å². The Morgan fingerprint density at radius 2 is 1.96 bits per heavy atom.